The number of carbonyl (C=O) groups excluding carboxylic acids is 4. The van der Waals surface area contributed by atoms with Crippen LogP contribution in [-0.4, -0.2) is 61.9 Å². The van der Waals surface area contributed by atoms with Crippen LogP contribution < -0.4 is 0 Å². The number of hydrogen-bond acceptors (Lipinski definition) is 5. The van der Waals surface area contributed by atoms with Crippen molar-refractivity contribution in [1.29, 1.82) is 0 Å². The fourth-order valence-electron chi connectivity index (χ4n) is 6.49. The predicted octanol–water partition coefficient (Wildman–Crippen LogP) is 3.10. The van der Waals surface area contributed by atoms with Gasteiger partial charge in [0.05, 0.1) is 11.8 Å². The van der Waals surface area contributed by atoms with Crippen molar-refractivity contribution >= 4 is 46.8 Å². The van der Waals surface area contributed by atoms with Gasteiger partial charge in [0.15, 0.2) is 9.75 Å². The molecule has 0 spiro atoms. The van der Waals surface area contributed by atoms with E-state index in [-0.39, 0.29) is 24.0 Å². The Labute approximate surface area is 207 Å². The molecule has 6 unspecified atom stereocenters. The van der Waals surface area contributed by atoms with Crippen molar-refractivity contribution in [2.75, 3.05) is 13.6 Å². The summed E-state index contributed by atoms with van der Waals surface area (Å²) in [7, 11) is 1.37. The van der Waals surface area contributed by atoms with E-state index < -0.39 is 45.2 Å². The second-order valence-electron chi connectivity index (χ2n) is 9.87. The first kappa shape index (κ1) is 23.4. The number of phenols is 1. The minimum Gasteiger partial charge on any atom is -0.508 e. The Morgan fingerprint density at radius 3 is 2.44 bits per heavy atom. The van der Waals surface area contributed by atoms with Crippen molar-refractivity contribution in [1.82, 2.24) is 9.80 Å². The molecule has 2 heterocycles. The predicted molar refractivity (Wildman–Crippen MR) is 125 cm³/mol. The maximum atomic E-state index is 13.5. The number of benzene rings is 1. The highest BCUT2D eigenvalue weighted by Gasteiger charge is 2.75. The highest BCUT2D eigenvalue weighted by Crippen LogP contribution is 2.65. The van der Waals surface area contributed by atoms with Crippen molar-refractivity contribution in [3.8, 4) is 5.75 Å². The number of phenolic OH excluding ortho intramolecular Hbond substituents is 1. The number of rotatable bonds is 3. The van der Waals surface area contributed by atoms with E-state index in [1.54, 1.807) is 19.1 Å². The van der Waals surface area contributed by atoms with Crippen molar-refractivity contribution < 1.29 is 24.3 Å². The fraction of sp³-hybridized carbons (Fsp3) is 0.520. The summed E-state index contributed by atoms with van der Waals surface area (Å²) in [6.07, 6.45) is 2.91. The molecular formula is C25H26Cl2N2O5. The van der Waals surface area contributed by atoms with Crippen molar-refractivity contribution in [3.63, 3.8) is 0 Å². The third-order valence-electron chi connectivity index (χ3n) is 8.11. The molecule has 7 nitrogen and oxygen atoms in total. The van der Waals surface area contributed by atoms with Gasteiger partial charge in [-0.2, -0.15) is 0 Å². The number of halogens is 2. The standard InChI is InChI=1S/C25H26Cl2N2O5/c1-4-9-29-20(31)15-7-6-14-16(18(15)21(29)32)11-24(26)22(33)28(3)23(34)25(24,27)19(14)13-5-8-17(30)12(2)10-13/h5-6,8,10,15-16,18-19,30H,4,7,9,11H2,1-3H3. The van der Waals surface area contributed by atoms with Gasteiger partial charge in [0, 0.05) is 19.5 Å². The summed E-state index contributed by atoms with van der Waals surface area (Å²) in [6.45, 7) is 3.98. The first-order valence-electron chi connectivity index (χ1n) is 11.5. The lowest BCUT2D eigenvalue weighted by atomic mass is 9.56. The molecule has 180 valence electrons. The molecule has 3 fully saturated rings. The van der Waals surface area contributed by atoms with Gasteiger partial charge >= 0.3 is 0 Å². The molecule has 2 aliphatic heterocycles. The third-order valence-corrected chi connectivity index (χ3v) is 9.52. The van der Waals surface area contributed by atoms with Crippen molar-refractivity contribution in [2.24, 2.45) is 17.8 Å². The van der Waals surface area contributed by atoms with Crippen LogP contribution in [0.4, 0.5) is 0 Å². The van der Waals surface area contributed by atoms with Gasteiger partial charge in [0.1, 0.15) is 5.75 Å². The van der Waals surface area contributed by atoms with E-state index >= 15 is 0 Å². The fourth-order valence-corrected chi connectivity index (χ4v) is 7.50. The molecule has 1 aromatic rings. The second kappa shape index (κ2) is 7.56. The molecule has 0 radical (unpaired) electrons. The maximum Gasteiger partial charge on any atom is 0.253 e. The SMILES string of the molecule is CCCN1C(=O)C2CC=C3C(CC4(Cl)C(=O)N(C)C(=O)C4(Cl)C3c3ccc(O)c(C)c3)C2C1=O. The molecule has 4 amide bonds. The van der Waals surface area contributed by atoms with E-state index in [9.17, 15) is 24.3 Å². The number of carbonyl (C=O) groups is 4. The average Bonchev–Trinajstić information content (AvgIpc) is 3.11. The zero-order valence-corrected chi connectivity index (χ0v) is 20.7. The number of imide groups is 2. The largest absolute Gasteiger partial charge is 0.508 e. The molecule has 1 saturated carbocycles. The van der Waals surface area contributed by atoms with Gasteiger partial charge in [-0.15, -0.1) is 23.2 Å². The number of fused-ring (bicyclic) bond motifs is 4. The quantitative estimate of drug-likeness (QED) is 0.387. The summed E-state index contributed by atoms with van der Waals surface area (Å²) in [5.74, 6) is -4.01. The first-order chi connectivity index (χ1) is 16.0. The highest BCUT2D eigenvalue weighted by molar-refractivity contribution is 6.53. The topological polar surface area (TPSA) is 95.0 Å². The summed E-state index contributed by atoms with van der Waals surface area (Å²) in [5.41, 5.74) is 1.97. The molecule has 1 aromatic carbocycles. The number of allylic oxidation sites excluding steroid dienone is 2. The Hall–Kier alpha value is -2.38. The van der Waals surface area contributed by atoms with Crippen LogP contribution in [0.3, 0.4) is 0 Å². The Bertz CT molecular complexity index is 1180. The smallest absolute Gasteiger partial charge is 0.253 e. The Balaban J connectivity index is 1.71. The van der Waals surface area contributed by atoms with E-state index in [1.165, 1.54) is 18.0 Å². The summed E-state index contributed by atoms with van der Waals surface area (Å²) in [6, 6.07) is 4.93. The van der Waals surface area contributed by atoms with Gasteiger partial charge < -0.3 is 5.11 Å². The first-order valence-corrected chi connectivity index (χ1v) is 12.3. The maximum absolute atomic E-state index is 13.5. The molecule has 5 rings (SSSR count). The summed E-state index contributed by atoms with van der Waals surface area (Å²) >= 11 is 14.2. The van der Waals surface area contributed by atoms with Crippen LogP contribution in [0.25, 0.3) is 0 Å². The monoisotopic (exact) mass is 504 g/mol. The Kier molecular flexibility index (Phi) is 5.19. The molecule has 0 aromatic heterocycles. The van der Waals surface area contributed by atoms with Gasteiger partial charge in [0.2, 0.25) is 11.8 Å². The summed E-state index contributed by atoms with van der Waals surface area (Å²) in [4.78, 5) is 52.0. The van der Waals surface area contributed by atoms with E-state index in [0.717, 1.165) is 10.5 Å². The van der Waals surface area contributed by atoms with E-state index in [2.05, 4.69) is 0 Å². The number of alkyl halides is 2. The van der Waals surface area contributed by atoms with Crippen LogP contribution in [0.5, 0.6) is 5.75 Å². The molecule has 2 aliphatic carbocycles. The Morgan fingerprint density at radius 2 is 1.79 bits per heavy atom. The molecular weight excluding hydrogens is 479 g/mol. The normalized spacial score (nSPS) is 37.0. The van der Waals surface area contributed by atoms with Crippen molar-refractivity contribution in [2.45, 2.75) is 48.8 Å². The molecule has 6 atom stereocenters. The highest BCUT2D eigenvalue weighted by atomic mass is 35.5. The van der Waals surface area contributed by atoms with Crippen LogP contribution in [-0.2, 0) is 19.2 Å². The Morgan fingerprint density at radius 1 is 1.09 bits per heavy atom. The minimum atomic E-state index is -1.80. The van der Waals surface area contributed by atoms with Gasteiger partial charge in [-0.25, -0.2) is 0 Å². The van der Waals surface area contributed by atoms with Gasteiger partial charge in [-0.1, -0.05) is 30.7 Å². The number of likely N-dealkylation sites (tertiary alicyclic amines) is 2. The summed E-state index contributed by atoms with van der Waals surface area (Å²) in [5, 5.41) is 10.1. The van der Waals surface area contributed by atoms with Crippen molar-refractivity contribution in [3.05, 3.63) is 41.0 Å². The minimum absolute atomic E-state index is 0.00742. The van der Waals surface area contributed by atoms with Crippen LogP contribution in [0.1, 0.15) is 43.2 Å². The summed E-state index contributed by atoms with van der Waals surface area (Å²) < 4.78 is 0. The molecule has 34 heavy (non-hydrogen) atoms. The zero-order chi connectivity index (χ0) is 24.7. The molecule has 4 aliphatic rings. The number of aryl methyl sites for hydroxylation is 1. The van der Waals surface area contributed by atoms with Crippen LogP contribution in [0, 0.1) is 24.7 Å². The van der Waals surface area contributed by atoms with Crippen LogP contribution in [0.15, 0.2) is 29.8 Å². The van der Waals surface area contributed by atoms with E-state index in [1.807, 2.05) is 13.0 Å². The van der Waals surface area contributed by atoms with Crippen LogP contribution in [0.2, 0.25) is 0 Å². The lowest BCUT2D eigenvalue weighted by molar-refractivity contribution is -0.141. The number of hydrogen-bond donors (Lipinski definition) is 1. The molecule has 2 saturated heterocycles. The average molecular weight is 505 g/mol. The molecule has 1 N–H and O–H groups in total. The lowest BCUT2D eigenvalue weighted by Gasteiger charge is -2.50. The third kappa shape index (κ3) is 2.71. The second-order valence-corrected chi connectivity index (χ2v) is 11.1. The van der Waals surface area contributed by atoms with Gasteiger partial charge in [0.25, 0.3) is 11.8 Å². The number of aromatic hydroxyl groups is 1. The lowest BCUT2D eigenvalue weighted by Crippen LogP contribution is -2.60. The van der Waals surface area contributed by atoms with Gasteiger partial charge in [-0.3, -0.25) is 29.0 Å². The van der Waals surface area contributed by atoms with E-state index in [0.29, 0.717) is 30.5 Å². The van der Waals surface area contributed by atoms with Gasteiger partial charge in [-0.05, 0) is 49.3 Å². The number of nitrogens with zero attached hydrogens (tertiary/aromatic N) is 2. The number of amides is 4. The van der Waals surface area contributed by atoms with Crippen LogP contribution >= 0.6 is 23.2 Å². The molecule has 9 heteroatoms. The zero-order valence-electron chi connectivity index (χ0n) is 19.2. The molecule has 0 bridgehead atoms. The van der Waals surface area contributed by atoms with E-state index in [4.69, 9.17) is 23.2 Å².